The van der Waals surface area contributed by atoms with Gasteiger partial charge in [0.05, 0.1) is 20.3 Å². The van der Waals surface area contributed by atoms with Crippen LogP contribution in [0.15, 0.2) is 54.7 Å². The molecule has 0 bridgehead atoms. The van der Waals surface area contributed by atoms with Gasteiger partial charge >= 0.3 is 5.97 Å². The highest BCUT2D eigenvalue weighted by Crippen LogP contribution is 2.32. The lowest BCUT2D eigenvalue weighted by atomic mass is 10.0. The molecule has 170 valence electrons. The fourth-order valence-corrected chi connectivity index (χ4v) is 3.50. The average molecular weight is 450 g/mol. The Morgan fingerprint density at radius 2 is 2.06 bits per heavy atom. The van der Waals surface area contributed by atoms with Crippen molar-refractivity contribution in [1.82, 2.24) is 9.97 Å². The number of hydrogen-bond acceptors (Lipinski definition) is 7. The second kappa shape index (κ2) is 10.1. The minimum atomic E-state index is -1.01. The van der Waals surface area contributed by atoms with Crippen LogP contribution in [0.3, 0.4) is 0 Å². The van der Waals surface area contributed by atoms with E-state index in [0.29, 0.717) is 37.9 Å². The normalized spacial score (nSPS) is 13.8. The second-order valence-electron chi connectivity index (χ2n) is 7.30. The van der Waals surface area contributed by atoms with Crippen LogP contribution in [-0.4, -0.2) is 54.5 Å². The van der Waals surface area contributed by atoms with Crippen LogP contribution in [0, 0.1) is 5.82 Å². The van der Waals surface area contributed by atoms with Crippen LogP contribution in [0.5, 0.6) is 5.75 Å². The lowest BCUT2D eigenvalue weighted by Gasteiger charge is -2.29. The van der Waals surface area contributed by atoms with E-state index in [1.165, 1.54) is 13.2 Å². The summed E-state index contributed by atoms with van der Waals surface area (Å²) in [6, 6.07) is 11.9. The molecule has 1 saturated heterocycles. The highest BCUT2D eigenvalue weighted by Gasteiger charge is 2.19. The molecule has 2 heterocycles. The van der Waals surface area contributed by atoms with Crippen molar-refractivity contribution < 1.29 is 23.8 Å². The van der Waals surface area contributed by atoms with Crippen LogP contribution < -0.4 is 15.0 Å². The molecule has 0 saturated carbocycles. The quantitative estimate of drug-likeness (QED) is 0.522. The van der Waals surface area contributed by atoms with Gasteiger partial charge in [0, 0.05) is 42.7 Å². The predicted molar refractivity (Wildman–Crippen MR) is 123 cm³/mol. The van der Waals surface area contributed by atoms with Gasteiger partial charge in [0.2, 0.25) is 5.95 Å². The molecule has 1 fully saturated rings. The Morgan fingerprint density at radius 3 is 2.82 bits per heavy atom. The maximum absolute atomic E-state index is 13.7. The van der Waals surface area contributed by atoms with Crippen molar-refractivity contribution in [1.29, 1.82) is 0 Å². The number of aromatic nitrogens is 2. The number of hydrogen-bond donors (Lipinski definition) is 2. The summed E-state index contributed by atoms with van der Waals surface area (Å²) in [5.74, 6) is -0.257. The number of carboxylic acid groups (broad SMARTS) is 1. The number of methoxy groups -OCH3 is 1. The van der Waals surface area contributed by atoms with E-state index >= 15 is 0 Å². The molecule has 1 aliphatic heterocycles. The summed E-state index contributed by atoms with van der Waals surface area (Å²) >= 11 is 0. The monoisotopic (exact) mass is 450 g/mol. The largest absolute Gasteiger partial charge is 0.494 e. The van der Waals surface area contributed by atoms with Crippen molar-refractivity contribution >= 4 is 29.5 Å². The highest BCUT2D eigenvalue weighted by molar-refractivity contribution is 5.86. The maximum atomic E-state index is 13.7. The molecule has 0 aliphatic carbocycles. The molecule has 0 spiro atoms. The summed E-state index contributed by atoms with van der Waals surface area (Å²) < 4.78 is 24.3. The zero-order valence-electron chi connectivity index (χ0n) is 18.0. The predicted octanol–water partition coefficient (Wildman–Crippen LogP) is 3.97. The van der Waals surface area contributed by atoms with E-state index in [1.54, 1.807) is 24.4 Å². The molecule has 2 aromatic carbocycles. The van der Waals surface area contributed by atoms with Crippen LogP contribution in [0.2, 0.25) is 0 Å². The van der Waals surface area contributed by atoms with Crippen LogP contribution in [0.25, 0.3) is 17.2 Å². The van der Waals surface area contributed by atoms with Crippen LogP contribution >= 0.6 is 0 Å². The summed E-state index contributed by atoms with van der Waals surface area (Å²) in [5, 5.41) is 12.0. The van der Waals surface area contributed by atoms with Gasteiger partial charge in [0.25, 0.3) is 0 Å². The molecule has 0 unspecified atom stereocenters. The number of carbonyl (C=O) groups is 1. The molecule has 3 aromatic rings. The molecule has 0 radical (unpaired) electrons. The number of ether oxygens (including phenoxy) is 2. The Labute approximate surface area is 190 Å². The molecule has 1 aliphatic rings. The van der Waals surface area contributed by atoms with Gasteiger partial charge in [-0.3, -0.25) is 0 Å². The van der Waals surface area contributed by atoms with Crippen molar-refractivity contribution in [3.8, 4) is 16.9 Å². The van der Waals surface area contributed by atoms with Crippen molar-refractivity contribution in [2.24, 2.45) is 0 Å². The number of aliphatic carboxylic acids is 1. The Bertz CT molecular complexity index is 1180. The Hall–Kier alpha value is -3.98. The van der Waals surface area contributed by atoms with Gasteiger partial charge in [-0.1, -0.05) is 18.2 Å². The van der Waals surface area contributed by atoms with E-state index in [9.17, 15) is 9.18 Å². The van der Waals surface area contributed by atoms with Gasteiger partial charge in [-0.05, 0) is 35.4 Å². The summed E-state index contributed by atoms with van der Waals surface area (Å²) in [6.45, 7) is 2.52. The smallest absolute Gasteiger partial charge is 0.328 e. The summed E-state index contributed by atoms with van der Waals surface area (Å²) in [4.78, 5) is 22.2. The molecular formula is C24H23FN4O4. The third-order valence-corrected chi connectivity index (χ3v) is 5.10. The van der Waals surface area contributed by atoms with Crippen molar-refractivity contribution in [2.75, 3.05) is 43.6 Å². The van der Waals surface area contributed by atoms with Gasteiger partial charge in [0.1, 0.15) is 5.82 Å². The number of carboxylic acids is 1. The number of benzene rings is 2. The van der Waals surface area contributed by atoms with E-state index in [4.69, 9.17) is 19.6 Å². The van der Waals surface area contributed by atoms with Crippen molar-refractivity contribution in [3.63, 3.8) is 0 Å². The zero-order valence-corrected chi connectivity index (χ0v) is 18.0. The molecule has 0 atom stereocenters. The van der Waals surface area contributed by atoms with Gasteiger partial charge in [0.15, 0.2) is 11.6 Å². The van der Waals surface area contributed by atoms with Crippen LogP contribution in [0.4, 0.5) is 21.8 Å². The van der Waals surface area contributed by atoms with E-state index in [-0.39, 0.29) is 5.75 Å². The maximum Gasteiger partial charge on any atom is 0.328 e. The van der Waals surface area contributed by atoms with Crippen LogP contribution in [-0.2, 0) is 9.53 Å². The molecule has 1 aromatic heterocycles. The fraction of sp³-hybridized carbons (Fsp3) is 0.208. The number of nitrogens with one attached hydrogen (secondary N) is 1. The van der Waals surface area contributed by atoms with Gasteiger partial charge in [-0.2, -0.15) is 4.98 Å². The molecule has 2 N–H and O–H groups in total. The van der Waals surface area contributed by atoms with Crippen molar-refractivity contribution in [2.45, 2.75) is 0 Å². The van der Waals surface area contributed by atoms with Gasteiger partial charge in [-0.25, -0.2) is 14.2 Å². The lowest BCUT2D eigenvalue weighted by molar-refractivity contribution is -0.131. The number of anilines is 3. The summed E-state index contributed by atoms with van der Waals surface area (Å²) in [7, 11) is 1.41. The fourth-order valence-electron chi connectivity index (χ4n) is 3.50. The Kier molecular flexibility index (Phi) is 6.80. The number of morpholine rings is 1. The first-order valence-corrected chi connectivity index (χ1v) is 10.4. The SMILES string of the molecule is COc1cc(Nc2ncc(-c3cccc(C=CC(=O)O)c3)c(N3CCOCC3)n2)ccc1F. The molecule has 4 rings (SSSR count). The molecule has 0 amide bonds. The first-order valence-electron chi connectivity index (χ1n) is 10.4. The second-order valence-corrected chi connectivity index (χ2v) is 7.30. The van der Waals surface area contributed by atoms with E-state index in [1.807, 2.05) is 24.3 Å². The van der Waals surface area contributed by atoms with Gasteiger partial charge in [-0.15, -0.1) is 0 Å². The van der Waals surface area contributed by atoms with E-state index in [0.717, 1.165) is 28.6 Å². The number of nitrogens with zero attached hydrogens (tertiary/aromatic N) is 3. The van der Waals surface area contributed by atoms with Gasteiger partial charge < -0.3 is 24.8 Å². The number of halogens is 1. The molecule has 33 heavy (non-hydrogen) atoms. The highest BCUT2D eigenvalue weighted by atomic mass is 19.1. The van der Waals surface area contributed by atoms with Crippen molar-refractivity contribution in [3.05, 3.63) is 66.1 Å². The molecule has 9 heteroatoms. The minimum absolute atomic E-state index is 0.122. The Morgan fingerprint density at radius 1 is 1.24 bits per heavy atom. The topological polar surface area (TPSA) is 96.8 Å². The molecule has 8 nitrogen and oxygen atoms in total. The molecular weight excluding hydrogens is 427 g/mol. The zero-order chi connectivity index (χ0) is 23.2. The third-order valence-electron chi connectivity index (χ3n) is 5.10. The summed E-state index contributed by atoms with van der Waals surface area (Å²) in [5.41, 5.74) is 3.02. The minimum Gasteiger partial charge on any atom is -0.494 e. The average Bonchev–Trinajstić information content (AvgIpc) is 2.84. The summed E-state index contributed by atoms with van der Waals surface area (Å²) in [6.07, 6.45) is 4.36. The van der Waals surface area contributed by atoms with E-state index in [2.05, 4.69) is 15.2 Å². The Balaban J connectivity index is 1.70. The first kappa shape index (κ1) is 22.2. The van der Waals surface area contributed by atoms with E-state index < -0.39 is 11.8 Å². The lowest BCUT2D eigenvalue weighted by Crippen LogP contribution is -2.37. The van der Waals surface area contributed by atoms with Crippen LogP contribution in [0.1, 0.15) is 5.56 Å². The first-order chi connectivity index (χ1) is 16.0. The third kappa shape index (κ3) is 5.45. The number of rotatable bonds is 7. The standard InChI is InChI=1S/C24H23FN4O4/c1-32-21-14-18(6-7-20(21)25)27-24-26-15-19(23(28-24)29-9-11-33-12-10-29)17-4-2-3-16(13-17)5-8-22(30)31/h2-8,13-15H,9-12H2,1H3,(H,30,31)(H,26,27,28).